The van der Waals surface area contributed by atoms with E-state index in [4.69, 9.17) is 4.74 Å². The molecule has 0 saturated carbocycles. The van der Waals surface area contributed by atoms with Gasteiger partial charge in [-0.05, 0) is 41.8 Å². The molecule has 1 aliphatic rings. The van der Waals surface area contributed by atoms with Crippen molar-refractivity contribution in [3.8, 4) is 0 Å². The van der Waals surface area contributed by atoms with Crippen LogP contribution in [0.3, 0.4) is 0 Å². The third kappa shape index (κ3) is 2.95. The van der Waals surface area contributed by atoms with Gasteiger partial charge in [-0.15, -0.1) is 0 Å². The molecule has 0 amide bonds. The van der Waals surface area contributed by atoms with Crippen LogP contribution in [0.25, 0.3) is 0 Å². The van der Waals surface area contributed by atoms with E-state index in [2.05, 4.69) is 38.8 Å². The summed E-state index contributed by atoms with van der Waals surface area (Å²) in [5.41, 5.74) is 1.16. The van der Waals surface area contributed by atoms with Crippen LogP contribution in [-0.4, -0.2) is 30.8 Å². The molecule has 1 atom stereocenters. The molecule has 1 fully saturated rings. The summed E-state index contributed by atoms with van der Waals surface area (Å²) in [6.07, 6.45) is 6.47. The van der Waals surface area contributed by atoms with Gasteiger partial charge < -0.3 is 9.64 Å². The first-order chi connectivity index (χ1) is 7.79. The first-order valence-corrected chi connectivity index (χ1v) is 6.56. The lowest BCUT2D eigenvalue weighted by molar-refractivity contribution is 0.115. The summed E-state index contributed by atoms with van der Waals surface area (Å²) in [6, 6.07) is 2.10. The SMILES string of the molecule is CCN(CC1CCCO1)c1cncc(Br)c1. The Balaban J connectivity index is 2.03. The van der Waals surface area contributed by atoms with E-state index in [1.165, 1.54) is 12.8 Å². The number of pyridine rings is 1. The molecule has 1 aliphatic heterocycles. The van der Waals surface area contributed by atoms with Crippen LogP contribution in [0.15, 0.2) is 22.9 Å². The summed E-state index contributed by atoms with van der Waals surface area (Å²) in [7, 11) is 0. The van der Waals surface area contributed by atoms with E-state index < -0.39 is 0 Å². The summed E-state index contributed by atoms with van der Waals surface area (Å²) < 4.78 is 6.69. The monoisotopic (exact) mass is 284 g/mol. The zero-order valence-electron chi connectivity index (χ0n) is 9.53. The summed E-state index contributed by atoms with van der Waals surface area (Å²) in [5, 5.41) is 0. The number of nitrogens with zero attached hydrogens (tertiary/aromatic N) is 2. The lowest BCUT2D eigenvalue weighted by Gasteiger charge is -2.25. The zero-order valence-corrected chi connectivity index (χ0v) is 11.1. The van der Waals surface area contributed by atoms with Crippen molar-refractivity contribution in [3.63, 3.8) is 0 Å². The summed E-state index contributed by atoms with van der Waals surface area (Å²) in [5.74, 6) is 0. The van der Waals surface area contributed by atoms with E-state index in [0.717, 1.165) is 29.9 Å². The Labute approximate surface area is 105 Å². The molecule has 16 heavy (non-hydrogen) atoms. The van der Waals surface area contributed by atoms with Crippen LogP contribution in [0, 0.1) is 0 Å². The normalized spacial score (nSPS) is 20.0. The Hall–Kier alpha value is -0.610. The molecular formula is C12H17BrN2O. The summed E-state index contributed by atoms with van der Waals surface area (Å²) in [4.78, 5) is 6.51. The van der Waals surface area contributed by atoms with Crippen LogP contribution in [0.5, 0.6) is 0 Å². The fraction of sp³-hybridized carbons (Fsp3) is 0.583. The van der Waals surface area contributed by atoms with Crippen molar-refractivity contribution in [3.05, 3.63) is 22.9 Å². The quantitative estimate of drug-likeness (QED) is 0.850. The summed E-state index contributed by atoms with van der Waals surface area (Å²) >= 11 is 3.45. The summed E-state index contributed by atoms with van der Waals surface area (Å²) in [6.45, 7) is 5.03. The van der Waals surface area contributed by atoms with E-state index in [-0.39, 0.29) is 0 Å². The van der Waals surface area contributed by atoms with Gasteiger partial charge >= 0.3 is 0 Å². The van der Waals surface area contributed by atoms with Gasteiger partial charge in [0.1, 0.15) is 0 Å². The third-order valence-electron chi connectivity index (χ3n) is 2.89. The minimum Gasteiger partial charge on any atom is -0.376 e. The first kappa shape index (κ1) is 11.9. The largest absolute Gasteiger partial charge is 0.376 e. The lowest BCUT2D eigenvalue weighted by atomic mass is 10.2. The molecule has 0 spiro atoms. The highest BCUT2D eigenvalue weighted by atomic mass is 79.9. The van der Waals surface area contributed by atoms with Crippen LogP contribution < -0.4 is 4.90 Å². The fourth-order valence-corrected chi connectivity index (χ4v) is 2.38. The molecule has 88 valence electrons. The Kier molecular flexibility index (Phi) is 4.18. The van der Waals surface area contributed by atoms with Crippen molar-refractivity contribution in [2.45, 2.75) is 25.9 Å². The molecule has 1 aromatic heterocycles. The standard InChI is InChI=1S/C12H17BrN2O/c1-2-15(9-12-4-3-5-16-12)11-6-10(13)7-14-8-11/h6-8,12H,2-5,9H2,1H3. The van der Waals surface area contributed by atoms with Crippen molar-refractivity contribution >= 4 is 21.6 Å². The Morgan fingerprint density at radius 1 is 1.56 bits per heavy atom. The molecule has 1 unspecified atom stereocenters. The average molecular weight is 285 g/mol. The number of anilines is 1. The van der Waals surface area contributed by atoms with Gasteiger partial charge in [0.15, 0.2) is 0 Å². The van der Waals surface area contributed by atoms with E-state index in [1.54, 1.807) is 0 Å². The predicted molar refractivity (Wildman–Crippen MR) is 68.8 cm³/mol. The van der Waals surface area contributed by atoms with Gasteiger partial charge in [-0.1, -0.05) is 0 Å². The first-order valence-electron chi connectivity index (χ1n) is 5.76. The van der Waals surface area contributed by atoms with E-state index in [9.17, 15) is 0 Å². The van der Waals surface area contributed by atoms with Crippen LogP contribution in [0.2, 0.25) is 0 Å². The maximum absolute atomic E-state index is 5.66. The minimum absolute atomic E-state index is 0.388. The number of rotatable bonds is 4. The molecule has 1 saturated heterocycles. The molecule has 0 aromatic carbocycles. The molecule has 0 bridgehead atoms. The van der Waals surface area contributed by atoms with Crippen LogP contribution in [0.1, 0.15) is 19.8 Å². The van der Waals surface area contributed by atoms with Gasteiger partial charge in [0, 0.05) is 30.4 Å². The van der Waals surface area contributed by atoms with E-state index in [0.29, 0.717) is 6.10 Å². The van der Waals surface area contributed by atoms with Gasteiger partial charge in [0.25, 0.3) is 0 Å². The number of aromatic nitrogens is 1. The number of hydrogen-bond donors (Lipinski definition) is 0. The Morgan fingerprint density at radius 2 is 2.44 bits per heavy atom. The molecular weight excluding hydrogens is 268 g/mol. The topological polar surface area (TPSA) is 25.4 Å². The number of likely N-dealkylation sites (N-methyl/N-ethyl adjacent to an activating group) is 1. The van der Waals surface area contributed by atoms with Gasteiger partial charge in [-0.2, -0.15) is 0 Å². The molecule has 0 N–H and O–H groups in total. The smallest absolute Gasteiger partial charge is 0.0750 e. The molecule has 0 aliphatic carbocycles. The van der Waals surface area contributed by atoms with Crippen molar-refractivity contribution in [2.75, 3.05) is 24.6 Å². The molecule has 0 radical (unpaired) electrons. The van der Waals surface area contributed by atoms with Crippen molar-refractivity contribution in [1.29, 1.82) is 0 Å². The van der Waals surface area contributed by atoms with Gasteiger partial charge in [-0.3, -0.25) is 4.98 Å². The predicted octanol–water partition coefficient (Wildman–Crippen LogP) is 2.85. The second-order valence-corrected chi connectivity index (χ2v) is 4.95. The van der Waals surface area contributed by atoms with Crippen LogP contribution in [-0.2, 0) is 4.74 Å². The molecule has 4 heteroatoms. The number of halogens is 1. The highest BCUT2D eigenvalue weighted by molar-refractivity contribution is 9.10. The second-order valence-electron chi connectivity index (χ2n) is 4.04. The highest BCUT2D eigenvalue weighted by Crippen LogP contribution is 2.21. The van der Waals surface area contributed by atoms with Gasteiger partial charge in [0.2, 0.25) is 0 Å². The average Bonchev–Trinajstić information content (AvgIpc) is 2.78. The zero-order chi connectivity index (χ0) is 11.4. The highest BCUT2D eigenvalue weighted by Gasteiger charge is 2.18. The van der Waals surface area contributed by atoms with Gasteiger partial charge in [-0.25, -0.2) is 0 Å². The minimum atomic E-state index is 0.388. The molecule has 2 rings (SSSR count). The Bertz CT molecular complexity index is 340. The second kappa shape index (κ2) is 5.64. The van der Waals surface area contributed by atoms with Crippen LogP contribution in [0.4, 0.5) is 5.69 Å². The number of ether oxygens (including phenoxy) is 1. The van der Waals surface area contributed by atoms with E-state index >= 15 is 0 Å². The fourth-order valence-electron chi connectivity index (χ4n) is 2.02. The van der Waals surface area contributed by atoms with Gasteiger partial charge in [0.05, 0.1) is 18.0 Å². The third-order valence-corrected chi connectivity index (χ3v) is 3.32. The maximum atomic E-state index is 5.66. The Morgan fingerprint density at radius 3 is 3.06 bits per heavy atom. The molecule has 2 heterocycles. The molecule has 1 aromatic rings. The molecule has 3 nitrogen and oxygen atoms in total. The van der Waals surface area contributed by atoms with E-state index in [1.807, 2.05) is 12.4 Å². The van der Waals surface area contributed by atoms with Crippen molar-refractivity contribution < 1.29 is 4.74 Å². The lowest BCUT2D eigenvalue weighted by Crippen LogP contribution is -2.32. The van der Waals surface area contributed by atoms with Crippen LogP contribution >= 0.6 is 15.9 Å². The maximum Gasteiger partial charge on any atom is 0.0750 e. The van der Waals surface area contributed by atoms with Crippen molar-refractivity contribution in [2.24, 2.45) is 0 Å². The van der Waals surface area contributed by atoms with Crippen molar-refractivity contribution in [1.82, 2.24) is 4.98 Å². The number of hydrogen-bond acceptors (Lipinski definition) is 3.